The number of nitrogens with one attached hydrogen (secondary N) is 1. The van der Waals surface area contributed by atoms with E-state index < -0.39 is 0 Å². The zero-order valence-corrected chi connectivity index (χ0v) is 9.07. The van der Waals surface area contributed by atoms with Gasteiger partial charge in [0.1, 0.15) is 0 Å². The van der Waals surface area contributed by atoms with Crippen LogP contribution in [0.3, 0.4) is 0 Å². The lowest BCUT2D eigenvalue weighted by Gasteiger charge is -2.32. The molecule has 1 aliphatic carbocycles. The third-order valence-electron chi connectivity index (χ3n) is 3.30. The van der Waals surface area contributed by atoms with Gasteiger partial charge in [-0.25, -0.2) is 0 Å². The summed E-state index contributed by atoms with van der Waals surface area (Å²) < 4.78 is 5.68. The highest BCUT2D eigenvalue weighted by Crippen LogP contribution is 2.31. The van der Waals surface area contributed by atoms with Gasteiger partial charge in [0, 0.05) is 18.7 Å². The van der Waals surface area contributed by atoms with Gasteiger partial charge < -0.3 is 15.2 Å². The molecular weight excluding hydrogens is 178 g/mol. The Morgan fingerprint density at radius 3 is 2.36 bits per heavy atom. The molecule has 4 atom stereocenters. The van der Waals surface area contributed by atoms with E-state index in [2.05, 4.69) is 19.2 Å². The number of hydrogen-bond donors (Lipinski definition) is 2. The van der Waals surface area contributed by atoms with Crippen LogP contribution in [0.15, 0.2) is 0 Å². The summed E-state index contributed by atoms with van der Waals surface area (Å²) in [4.78, 5) is 0. The maximum Gasteiger partial charge on any atom is 0.0565 e. The SMILES string of the molecule is CC1CC(N[C@@H]2C[C@H]2CO)CC(C)O1. The highest BCUT2D eigenvalue weighted by molar-refractivity contribution is 4.95. The highest BCUT2D eigenvalue weighted by atomic mass is 16.5. The second-order valence-electron chi connectivity index (χ2n) is 4.88. The average molecular weight is 199 g/mol. The van der Waals surface area contributed by atoms with Crippen molar-refractivity contribution in [1.29, 1.82) is 0 Å². The van der Waals surface area contributed by atoms with Crippen molar-refractivity contribution >= 4 is 0 Å². The molecule has 2 unspecified atom stereocenters. The first-order valence-corrected chi connectivity index (χ1v) is 5.71. The van der Waals surface area contributed by atoms with Crippen LogP contribution in [0.4, 0.5) is 0 Å². The predicted octanol–water partition coefficient (Wildman–Crippen LogP) is 0.913. The third-order valence-corrected chi connectivity index (χ3v) is 3.30. The minimum Gasteiger partial charge on any atom is -0.396 e. The van der Waals surface area contributed by atoms with Crippen molar-refractivity contribution in [3.63, 3.8) is 0 Å². The Balaban J connectivity index is 1.75. The highest BCUT2D eigenvalue weighted by Gasteiger charge is 2.38. The summed E-state index contributed by atoms with van der Waals surface area (Å²) in [6.07, 6.45) is 4.12. The molecule has 1 saturated heterocycles. The normalized spacial score (nSPS) is 47.8. The molecule has 0 aromatic heterocycles. The number of aliphatic hydroxyl groups excluding tert-OH is 1. The van der Waals surface area contributed by atoms with Crippen LogP contribution in [0.1, 0.15) is 33.1 Å². The van der Waals surface area contributed by atoms with Crippen LogP contribution in [0.25, 0.3) is 0 Å². The molecule has 82 valence electrons. The van der Waals surface area contributed by atoms with Crippen molar-refractivity contribution in [2.24, 2.45) is 5.92 Å². The maximum atomic E-state index is 8.95. The molecule has 0 aromatic carbocycles. The smallest absolute Gasteiger partial charge is 0.0565 e. The molecule has 3 nitrogen and oxygen atoms in total. The van der Waals surface area contributed by atoms with Crippen LogP contribution in [0.2, 0.25) is 0 Å². The molecule has 0 bridgehead atoms. The second kappa shape index (κ2) is 4.17. The van der Waals surface area contributed by atoms with Gasteiger partial charge in [-0.3, -0.25) is 0 Å². The van der Waals surface area contributed by atoms with E-state index in [-0.39, 0.29) is 0 Å². The molecule has 1 aliphatic heterocycles. The van der Waals surface area contributed by atoms with Crippen molar-refractivity contribution in [3.05, 3.63) is 0 Å². The van der Waals surface area contributed by atoms with Crippen molar-refractivity contribution < 1.29 is 9.84 Å². The summed E-state index contributed by atoms with van der Waals surface area (Å²) in [5.41, 5.74) is 0. The minimum atomic E-state index is 0.339. The van der Waals surface area contributed by atoms with Crippen LogP contribution in [0, 0.1) is 5.92 Å². The van der Waals surface area contributed by atoms with E-state index in [0.717, 1.165) is 19.3 Å². The van der Waals surface area contributed by atoms with Gasteiger partial charge in [0.05, 0.1) is 12.2 Å². The van der Waals surface area contributed by atoms with E-state index in [9.17, 15) is 0 Å². The van der Waals surface area contributed by atoms with Crippen LogP contribution in [0.5, 0.6) is 0 Å². The Kier molecular flexibility index (Phi) is 3.10. The molecule has 3 heteroatoms. The topological polar surface area (TPSA) is 41.5 Å². The molecular formula is C11H21NO2. The summed E-state index contributed by atoms with van der Waals surface area (Å²) in [5.74, 6) is 0.517. The Morgan fingerprint density at radius 1 is 1.21 bits per heavy atom. The first-order chi connectivity index (χ1) is 6.69. The Hall–Kier alpha value is -0.120. The van der Waals surface area contributed by atoms with E-state index in [1.54, 1.807) is 0 Å². The minimum absolute atomic E-state index is 0.339. The number of rotatable bonds is 3. The number of hydrogen-bond acceptors (Lipinski definition) is 3. The van der Waals surface area contributed by atoms with Gasteiger partial charge >= 0.3 is 0 Å². The lowest BCUT2D eigenvalue weighted by molar-refractivity contribution is -0.0425. The molecule has 14 heavy (non-hydrogen) atoms. The Labute approximate surface area is 85.8 Å². The molecule has 0 spiro atoms. The van der Waals surface area contributed by atoms with E-state index >= 15 is 0 Å². The van der Waals surface area contributed by atoms with Crippen molar-refractivity contribution in [1.82, 2.24) is 5.32 Å². The fraction of sp³-hybridized carbons (Fsp3) is 1.00. The van der Waals surface area contributed by atoms with Gasteiger partial charge in [0.15, 0.2) is 0 Å². The zero-order chi connectivity index (χ0) is 10.1. The second-order valence-corrected chi connectivity index (χ2v) is 4.88. The average Bonchev–Trinajstić information content (AvgIpc) is 2.81. The van der Waals surface area contributed by atoms with E-state index in [0.29, 0.717) is 36.8 Å². The van der Waals surface area contributed by atoms with E-state index in [4.69, 9.17) is 9.84 Å². The summed E-state index contributed by atoms with van der Waals surface area (Å²) in [7, 11) is 0. The summed E-state index contributed by atoms with van der Waals surface area (Å²) in [5, 5.41) is 12.6. The monoisotopic (exact) mass is 199 g/mol. The van der Waals surface area contributed by atoms with E-state index in [1.807, 2.05) is 0 Å². The van der Waals surface area contributed by atoms with Crippen molar-refractivity contribution in [3.8, 4) is 0 Å². The van der Waals surface area contributed by atoms with Gasteiger partial charge in [0.2, 0.25) is 0 Å². The van der Waals surface area contributed by atoms with Crippen LogP contribution >= 0.6 is 0 Å². The Bertz CT molecular complexity index is 188. The standard InChI is InChI=1S/C11H21NO2/c1-7-3-10(4-8(2)14-7)12-11-5-9(11)6-13/h7-13H,3-6H2,1-2H3/t7?,8?,9-,10?,11+/m0/s1. The van der Waals surface area contributed by atoms with Gasteiger partial charge in [0.25, 0.3) is 0 Å². The molecule has 0 radical (unpaired) electrons. The van der Waals surface area contributed by atoms with Gasteiger partial charge in [-0.15, -0.1) is 0 Å². The van der Waals surface area contributed by atoms with Crippen LogP contribution in [-0.4, -0.2) is 36.0 Å². The first-order valence-electron chi connectivity index (χ1n) is 5.71. The van der Waals surface area contributed by atoms with Crippen LogP contribution in [-0.2, 0) is 4.74 Å². The lowest BCUT2D eigenvalue weighted by atomic mass is 10.00. The zero-order valence-electron chi connectivity index (χ0n) is 9.07. The van der Waals surface area contributed by atoms with Crippen molar-refractivity contribution in [2.75, 3.05) is 6.61 Å². The molecule has 2 rings (SSSR count). The number of ether oxygens (including phenoxy) is 1. The van der Waals surface area contributed by atoms with E-state index in [1.165, 1.54) is 0 Å². The Morgan fingerprint density at radius 2 is 1.86 bits per heavy atom. The fourth-order valence-corrected chi connectivity index (χ4v) is 2.50. The largest absolute Gasteiger partial charge is 0.396 e. The third kappa shape index (κ3) is 2.47. The summed E-state index contributed by atoms with van der Waals surface area (Å²) >= 11 is 0. The quantitative estimate of drug-likeness (QED) is 0.710. The summed E-state index contributed by atoms with van der Waals surface area (Å²) in [6.45, 7) is 4.62. The molecule has 2 fully saturated rings. The molecule has 2 N–H and O–H groups in total. The molecule has 1 heterocycles. The molecule has 2 aliphatic rings. The lowest BCUT2D eigenvalue weighted by Crippen LogP contribution is -2.42. The number of aliphatic hydroxyl groups is 1. The molecule has 0 aromatic rings. The predicted molar refractivity (Wildman–Crippen MR) is 55.1 cm³/mol. The van der Waals surface area contributed by atoms with Gasteiger partial charge in [-0.2, -0.15) is 0 Å². The maximum absolute atomic E-state index is 8.95. The van der Waals surface area contributed by atoms with Gasteiger partial charge in [-0.05, 0) is 39.0 Å². The molecule has 0 amide bonds. The van der Waals surface area contributed by atoms with Crippen LogP contribution < -0.4 is 5.32 Å². The first kappa shape index (κ1) is 10.4. The summed E-state index contributed by atoms with van der Waals surface area (Å²) in [6, 6.07) is 1.16. The van der Waals surface area contributed by atoms with Gasteiger partial charge in [-0.1, -0.05) is 0 Å². The molecule has 1 saturated carbocycles. The fourth-order valence-electron chi connectivity index (χ4n) is 2.50. The van der Waals surface area contributed by atoms with Crippen molar-refractivity contribution in [2.45, 2.75) is 57.4 Å².